The van der Waals surface area contributed by atoms with E-state index < -0.39 is 0 Å². The summed E-state index contributed by atoms with van der Waals surface area (Å²) in [6.45, 7) is 3.58. The van der Waals surface area contributed by atoms with Crippen LogP contribution in [-0.4, -0.2) is 16.7 Å². The van der Waals surface area contributed by atoms with Gasteiger partial charge in [0.25, 0.3) is 0 Å². The van der Waals surface area contributed by atoms with Crippen molar-refractivity contribution < 1.29 is 9.37 Å². The Morgan fingerprint density at radius 1 is 1.38 bits per heavy atom. The average Bonchev–Trinajstić information content (AvgIpc) is 2.15. The second-order valence-corrected chi connectivity index (χ2v) is 2.82. The van der Waals surface area contributed by atoms with Gasteiger partial charge in [0.1, 0.15) is 0 Å². The molecule has 0 bridgehead atoms. The van der Waals surface area contributed by atoms with Gasteiger partial charge in [-0.25, -0.2) is 4.79 Å². The number of hydrogen-bond acceptors (Lipinski definition) is 1. The van der Waals surface area contributed by atoms with E-state index in [0.717, 1.165) is 12.1 Å². The van der Waals surface area contributed by atoms with Gasteiger partial charge in [-0.15, -0.1) is 4.58 Å². The van der Waals surface area contributed by atoms with Crippen molar-refractivity contribution in [3.8, 4) is 0 Å². The monoisotopic (exact) mass is 176 g/mol. The Labute approximate surface area is 78.5 Å². The lowest BCUT2D eigenvalue weighted by Crippen LogP contribution is -2.12. The summed E-state index contributed by atoms with van der Waals surface area (Å²) in [7, 11) is 0. The second kappa shape index (κ2) is 4.55. The molecule has 1 rings (SSSR count). The quantitative estimate of drug-likeness (QED) is 0.500. The molecule has 68 valence electrons. The van der Waals surface area contributed by atoms with Crippen molar-refractivity contribution in [2.24, 2.45) is 0 Å². The smallest absolute Gasteiger partial charge is 0.220 e. The van der Waals surface area contributed by atoms with E-state index >= 15 is 0 Å². The summed E-state index contributed by atoms with van der Waals surface area (Å²) in [4.78, 5) is 11.2. The molecule has 2 nitrogen and oxygen atoms in total. The summed E-state index contributed by atoms with van der Waals surface area (Å²) in [6, 6.07) is 9.64. The third-order valence-electron chi connectivity index (χ3n) is 1.74. The molecule has 0 spiro atoms. The van der Waals surface area contributed by atoms with E-state index in [-0.39, 0.29) is 5.91 Å². The van der Waals surface area contributed by atoms with Gasteiger partial charge in [0.2, 0.25) is 5.69 Å². The highest BCUT2D eigenvalue weighted by molar-refractivity contribution is 5.73. The number of rotatable bonds is 2. The Bertz CT molecular complexity index is 314. The fraction of sp³-hybridized carbons (Fsp3) is 0.273. The van der Waals surface area contributed by atoms with Crippen LogP contribution in [0.25, 0.3) is 0 Å². The third kappa shape index (κ3) is 2.51. The lowest BCUT2D eigenvalue weighted by molar-refractivity contribution is -0.361. The number of para-hydroxylation sites is 1. The maximum absolute atomic E-state index is 11.2. The van der Waals surface area contributed by atoms with Gasteiger partial charge in [-0.3, -0.25) is 0 Å². The van der Waals surface area contributed by atoms with Gasteiger partial charge in [-0.05, 0) is 0 Å². The number of carbonyl (C=O) groups excluding carboxylic acids is 1. The molecule has 13 heavy (non-hydrogen) atoms. The molecule has 0 saturated carbocycles. The zero-order chi connectivity index (χ0) is 9.68. The van der Waals surface area contributed by atoms with E-state index in [4.69, 9.17) is 0 Å². The van der Waals surface area contributed by atoms with Crippen LogP contribution in [0.15, 0.2) is 30.3 Å². The molecule has 1 aromatic carbocycles. The van der Waals surface area contributed by atoms with Crippen molar-refractivity contribution in [2.45, 2.75) is 20.3 Å². The van der Waals surface area contributed by atoms with Gasteiger partial charge in [-0.2, -0.15) is 0 Å². The number of benzene rings is 1. The first kappa shape index (κ1) is 9.65. The molecule has 0 unspecified atom stereocenters. The summed E-state index contributed by atoms with van der Waals surface area (Å²) >= 11 is 0. The summed E-state index contributed by atoms with van der Waals surface area (Å²) in [6.07, 6.45) is 2.74. The maximum atomic E-state index is 11.2. The van der Waals surface area contributed by atoms with Gasteiger partial charge >= 0.3 is 5.91 Å². The van der Waals surface area contributed by atoms with Gasteiger partial charge in [-0.1, -0.05) is 25.1 Å². The first-order valence-corrected chi connectivity index (χ1v) is 4.44. The standard InChI is InChI=1S/C11H14NO/c1-3-9-12(10(2)13)11-7-5-4-6-8-11/h4-9H,3H2,1-2H3/q+1. The molecule has 0 heterocycles. The van der Waals surface area contributed by atoms with Crippen molar-refractivity contribution in [2.75, 3.05) is 0 Å². The Hall–Kier alpha value is -1.44. The van der Waals surface area contributed by atoms with E-state index in [9.17, 15) is 4.79 Å². The SMILES string of the molecule is CCC=[N+](C(C)=O)c1ccccc1. The molecule has 2 heteroatoms. The van der Waals surface area contributed by atoms with Crippen LogP contribution < -0.4 is 0 Å². The number of carbonyl (C=O) groups is 1. The molecule has 0 radical (unpaired) electrons. The van der Waals surface area contributed by atoms with Crippen molar-refractivity contribution >= 4 is 17.8 Å². The number of hydrogen-bond donors (Lipinski definition) is 0. The molecule has 1 amide bonds. The molecule has 0 saturated heterocycles. The highest BCUT2D eigenvalue weighted by Crippen LogP contribution is 2.09. The highest BCUT2D eigenvalue weighted by atomic mass is 16.1. The van der Waals surface area contributed by atoms with Crippen LogP contribution in [0.2, 0.25) is 0 Å². The number of amides is 1. The lowest BCUT2D eigenvalue weighted by atomic mass is 10.3. The molecular weight excluding hydrogens is 162 g/mol. The van der Waals surface area contributed by atoms with E-state index in [1.807, 2.05) is 43.5 Å². The summed E-state index contributed by atoms with van der Waals surface area (Å²) in [5.41, 5.74) is 0.928. The molecule has 0 aliphatic heterocycles. The fourth-order valence-corrected chi connectivity index (χ4v) is 1.19. The van der Waals surface area contributed by atoms with Crippen molar-refractivity contribution in [3.05, 3.63) is 30.3 Å². The summed E-state index contributed by atoms with van der Waals surface area (Å²) < 4.78 is 1.67. The molecule has 0 aliphatic carbocycles. The average molecular weight is 176 g/mol. The van der Waals surface area contributed by atoms with Crippen LogP contribution in [-0.2, 0) is 4.79 Å². The van der Waals surface area contributed by atoms with E-state index in [1.165, 1.54) is 0 Å². The van der Waals surface area contributed by atoms with Crippen molar-refractivity contribution in [1.82, 2.24) is 0 Å². The van der Waals surface area contributed by atoms with Gasteiger partial charge in [0, 0.05) is 18.6 Å². The highest BCUT2D eigenvalue weighted by Gasteiger charge is 2.12. The summed E-state index contributed by atoms with van der Waals surface area (Å²) in [5, 5.41) is 0. The van der Waals surface area contributed by atoms with E-state index in [1.54, 1.807) is 11.5 Å². The van der Waals surface area contributed by atoms with Crippen LogP contribution in [0.5, 0.6) is 0 Å². The minimum atomic E-state index is 0.0491. The first-order valence-electron chi connectivity index (χ1n) is 4.44. The zero-order valence-corrected chi connectivity index (χ0v) is 8.03. The van der Waals surface area contributed by atoms with Crippen molar-refractivity contribution in [3.63, 3.8) is 0 Å². The first-order chi connectivity index (χ1) is 6.25. The second-order valence-electron chi connectivity index (χ2n) is 2.82. The predicted molar refractivity (Wildman–Crippen MR) is 53.4 cm³/mol. The van der Waals surface area contributed by atoms with Crippen LogP contribution in [0, 0.1) is 0 Å². The third-order valence-corrected chi connectivity index (χ3v) is 1.74. The molecule has 1 aromatic rings. The van der Waals surface area contributed by atoms with Crippen molar-refractivity contribution in [1.29, 1.82) is 0 Å². The minimum absolute atomic E-state index is 0.0491. The van der Waals surface area contributed by atoms with Gasteiger partial charge in [0.05, 0.1) is 6.92 Å². The molecule has 0 N–H and O–H groups in total. The Morgan fingerprint density at radius 3 is 2.46 bits per heavy atom. The molecule has 0 aliphatic rings. The Morgan fingerprint density at radius 2 is 2.00 bits per heavy atom. The van der Waals surface area contributed by atoms with Gasteiger partial charge < -0.3 is 0 Å². The molecule has 0 aromatic heterocycles. The molecule has 0 fully saturated rings. The van der Waals surface area contributed by atoms with Crippen LogP contribution in [0.3, 0.4) is 0 Å². The fourth-order valence-electron chi connectivity index (χ4n) is 1.19. The van der Waals surface area contributed by atoms with Crippen LogP contribution in [0.1, 0.15) is 20.3 Å². The van der Waals surface area contributed by atoms with E-state index in [2.05, 4.69) is 0 Å². The topological polar surface area (TPSA) is 20.1 Å². The predicted octanol–water partition coefficient (Wildman–Crippen LogP) is 2.36. The Balaban J connectivity index is 3.03. The Kier molecular flexibility index (Phi) is 3.38. The van der Waals surface area contributed by atoms with Crippen LogP contribution in [0.4, 0.5) is 5.69 Å². The zero-order valence-electron chi connectivity index (χ0n) is 8.03. The largest absolute Gasteiger partial charge is 0.389 e. The molecule has 0 atom stereocenters. The number of nitrogens with zero attached hydrogens (tertiary/aromatic N) is 1. The van der Waals surface area contributed by atoms with Crippen LogP contribution >= 0.6 is 0 Å². The van der Waals surface area contributed by atoms with E-state index in [0.29, 0.717) is 0 Å². The normalized spacial score (nSPS) is 11.4. The maximum Gasteiger partial charge on any atom is 0.389 e. The summed E-state index contributed by atoms with van der Waals surface area (Å²) in [5.74, 6) is 0.0491. The molecular formula is C11H14NO+. The lowest BCUT2D eigenvalue weighted by Gasteiger charge is -1.95. The van der Waals surface area contributed by atoms with Gasteiger partial charge in [0.15, 0.2) is 6.21 Å². The minimum Gasteiger partial charge on any atom is -0.220 e.